The Labute approximate surface area is 87.9 Å². The van der Waals surface area contributed by atoms with Gasteiger partial charge in [-0.3, -0.25) is 0 Å². The van der Waals surface area contributed by atoms with E-state index in [9.17, 15) is 5.11 Å². The van der Waals surface area contributed by atoms with Crippen LogP contribution >= 0.6 is 11.3 Å². The maximum Gasteiger partial charge on any atom is 0.0692 e. The second-order valence-corrected chi connectivity index (χ2v) is 4.84. The number of hydrogen-bond donors (Lipinski definition) is 3. The molecule has 2 rings (SSSR count). The highest BCUT2D eigenvalue weighted by molar-refractivity contribution is 7.10. The molecule has 4 N–H and O–H groups in total. The first-order chi connectivity index (χ1) is 6.77. The fourth-order valence-electron chi connectivity index (χ4n) is 1.48. The molecule has 1 aliphatic rings. The number of rotatable bonds is 5. The van der Waals surface area contributed by atoms with Gasteiger partial charge in [-0.1, -0.05) is 0 Å². The number of aliphatic hydroxyl groups is 1. The van der Waals surface area contributed by atoms with Gasteiger partial charge in [-0.15, -0.1) is 11.3 Å². The molecule has 14 heavy (non-hydrogen) atoms. The Bertz CT molecular complexity index is 296. The Kier molecular flexibility index (Phi) is 3.05. The van der Waals surface area contributed by atoms with E-state index in [0.717, 1.165) is 17.1 Å². The largest absolute Gasteiger partial charge is 0.398 e. The smallest absolute Gasteiger partial charge is 0.0692 e. The molecule has 0 saturated heterocycles. The zero-order valence-electron chi connectivity index (χ0n) is 8.07. The van der Waals surface area contributed by atoms with Crippen LogP contribution in [-0.2, 0) is 6.54 Å². The van der Waals surface area contributed by atoms with Gasteiger partial charge in [-0.25, -0.2) is 0 Å². The van der Waals surface area contributed by atoms with Gasteiger partial charge in [-0.05, 0) is 30.2 Å². The normalized spacial score (nSPS) is 18.4. The van der Waals surface area contributed by atoms with Crippen LogP contribution < -0.4 is 11.1 Å². The number of nitrogens with one attached hydrogen (secondary N) is 1. The number of nitrogen functional groups attached to an aromatic ring is 1. The van der Waals surface area contributed by atoms with Crippen molar-refractivity contribution in [3.63, 3.8) is 0 Å². The first kappa shape index (κ1) is 9.96. The second-order valence-electron chi connectivity index (χ2n) is 3.83. The van der Waals surface area contributed by atoms with Crippen molar-refractivity contribution in [2.75, 3.05) is 12.3 Å². The highest BCUT2D eigenvalue weighted by Gasteiger charge is 2.29. The molecule has 0 radical (unpaired) electrons. The number of nitrogens with two attached hydrogens (primary N) is 1. The lowest BCUT2D eigenvalue weighted by Crippen LogP contribution is -2.27. The molecule has 1 fully saturated rings. The zero-order chi connectivity index (χ0) is 9.97. The lowest BCUT2D eigenvalue weighted by Gasteiger charge is -2.09. The molecule has 0 bridgehead atoms. The quantitative estimate of drug-likeness (QED) is 0.687. The van der Waals surface area contributed by atoms with E-state index >= 15 is 0 Å². The predicted octanol–water partition coefficient (Wildman–Crippen LogP) is 1.19. The second kappa shape index (κ2) is 4.29. The van der Waals surface area contributed by atoms with Crippen LogP contribution in [0.15, 0.2) is 11.4 Å². The standard InChI is InChI=1S/C10H16N2OS/c11-8-3-4-14-10(8)6-12-5-9(13)7-1-2-7/h3-4,7,9,12-13H,1-2,5-6,11H2. The summed E-state index contributed by atoms with van der Waals surface area (Å²) in [5.41, 5.74) is 6.59. The van der Waals surface area contributed by atoms with Crippen LogP contribution in [0, 0.1) is 5.92 Å². The minimum Gasteiger partial charge on any atom is -0.398 e. The van der Waals surface area contributed by atoms with Gasteiger partial charge in [0.1, 0.15) is 0 Å². The highest BCUT2D eigenvalue weighted by atomic mass is 32.1. The van der Waals surface area contributed by atoms with Gasteiger partial charge in [0.25, 0.3) is 0 Å². The fourth-order valence-corrected chi connectivity index (χ4v) is 2.24. The van der Waals surface area contributed by atoms with Gasteiger partial charge in [0, 0.05) is 23.7 Å². The van der Waals surface area contributed by atoms with E-state index < -0.39 is 0 Å². The Morgan fingerprint density at radius 1 is 1.64 bits per heavy atom. The first-order valence-electron chi connectivity index (χ1n) is 4.98. The summed E-state index contributed by atoms with van der Waals surface area (Å²) in [6.45, 7) is 1.45. The van der Waals surface area contributed by atoms with E-state index in [4.69, 9.17) is 5.73 Å². The SMILES string of the molecule is Nc1ccsc1CNCC(O)C1CC1. The third kappa shape index (κ3) is 2.47. The average Bonchev–Trinajstić information content (AvgIpc) is 2.93. The van der Waals surface area contributed by atoms with Gasteiger partial charge in [0.05, 0.1) is 6.10 Å². The van der Waals surface area contributed by atoms with Crippen LogP contribution in [0.25, 0.3) is 0 Å². The van der Waals surface area contributed by atoms with Crippen molar-refractivity contribution >= 4 is 17.0 Å². The van der Waals surface area contributed by atoms with Gasteiger partial charge in [0.2, 0.25) is 0 Å². The predicted molar refractivity (Wildman–Crippen MR) is 59.2 cm³/mol. The molecule has 0 spiro atoms. The Hall–Kier alpha value is -0.580. The zero-order valence-corrected chi connectivity index (χ0v) is 8.89. The summed E-state index contributed by atoms with van der Waals surface area (Å²) >= 11 is 1.66. The molecule has 78 valence electrons. The van der Waals surface area contributed by atoms with Gasteiger partial charge >= 0.3 is 0 Å². The van der Waals surface area contributed by atoms with Crippen LogP contribution in [0.2, 0.25) is 0 Å². The van der Waals surface area contributed by atoms with Crippen molar-refractivity contribution in [1.82, 2.24) is 5.32 Å². The monoisotopic (exact) mass is 212 g/mol. The Morgan fingerprint density at radius 2 is 2.43 bits per heavy atom. The van der Waals surface area contributed by atoms with E-state index in [0.29, 0.717) is 12.5 Å². The molecular weight excluding hydrogens is 196 g/mol. The summed E-state index contributed by atoms with van der Waals surface area (Å²) in [5.74, 6) is 0.545. The van der Waals surface area contributed by atoms with E-state index in [2.05, 4.69) is 5.32 Å². The molecule has 3 nitrogen and oxygen atoms in total. The fraction of sp³-hybridized carbons (Fsp3) is 0.600. The van der Waals surface area contributed by atoms with Gasteiger partial charge in [-0.2, -0.15) is 0 Å². The highest BCUT2D eigenvalue weighted by Crippen LogP contribution is 2.32. The lowest BCUT2D eigenvalue weighted by atomic mass is 10.2. The van der Waals surface area contributed by atoms with Gasteiger partial charge < -0.3 is 16.2 Å². The molecular formula is C10H16N2OS. The Morgan fingerprint density at radius 3 is 3.00 bits per heavy atom. The summed E-state index contributed by atoms with van der Waals surface area (Å²) < 4.78 is 0. The first-order valence-corrected chi connectivity index (χ1v) is 5.86. The maximum absolute atomic E-state index is 9.60. The molecule has 0 aliphatic heterocycles. The summed E-state index contributed by atoms with van der Waals surface area (Å²) in [5, 5.41) is 14.8. The molecule has 0 aromatic carbocycles. The minimum atomic E-state index is -0.170. The van der Waals surface area contributed by atoms with Crippen molar-refractivity contribution in [1.29, 1.82) is 0 Å². The van der Waals surface area contributed by atoms with Crippen molar-refractivity contribution in [3.8, 4) is 0 Å². The van der Waals surface area contributed by atoms with Crippen molar-refractivity contribution in [3.05, 3.63) is 16.3 Å². The van der Waals surface area contributed by atoms with E-state index in [-0.39, 0.29) is 6.10 Å². The molecule has 1 unspecified atom stereocenters. The minimum absolute atomic E-state index is 0.170. The number of anilines is 1. The molecule has 1 aliphatic carbocycles. The Balaban J connectivity index is 1.69. The molecule has 0 amide bonds. The van der Waals surface area contributed by atoms with Crippen LogP contribution in [0.5, 0.6) is 0 Å². The van der Waals surface area contributed by atoms with Crippen LogP contribution in [-0.4, -0.2) is 17.8 Å². The van der Waals surface area contributed by atoms with E-state index in [1.807, 2.05) is 11.4 Å². The van der Waals surface area contributed by atoms with Crippen LogP contribution in [0.1, 0.15) is 17.7 Å². The van der Waals surface area contributed by atoms with Crippen molar-refractivity contribution in [2.24, 2.45) is 5.92 Å². The van der Waals surface area contributed by atoms with E-state index in [1.54, 1.807) is 11.3 Å². The molecule has 1 heterocycles. The molecule has 4 heteroatoms. The topological polar surface area (TPSA) is 58.3 Å². The number of aliphatic hydroxyl groups excluding tert-OH is 1. The van der Waals surface area contributed by atoms with Crippen molar-refractivity contribution in [2.45, 2.75) is 25.5 Å². The molecule has 1 saturated carbocycles. The summed E-state index contributed by atoms with van der Waals surface area (Å²) in [4.78, 5) is 1.16. The molecule has 1 atom stereocenters. The van der Waals surface area contributed by atoms with E-state index in [1.165, 1.54) is 12.8 Å². The summed E-state index contributed by atoms with van der Waals surface area (Å²) in [6.07, 6.45) is 2.20. The summed E-state index contributed by atoms with van der Waals surface area (Å²) in [7, 11) is 0. The van der Waals surface area contributed by atoms with Crippen LogP contribution in [0.3, 0.4) is 0 Å². The average molecular weight is 212 g/mol. The third-order valence-corrected chi connectivity index (χ3v) is 3.52. The summed E-state index contributed by atoms with van der Waals surface area (Å²) in [6, 6.07) is 1.92. The lowest BCUT2D eigenvalue weighted by molar-refractivity contribution is 0.148. The number of hydrogen-bond acceptors (Lipinski definition) is 4. The number of thiophene rings is 1. The van der Waals surface area contributed by atoms with Gasteiger partial charge in [0.15, 0.2) is 0 Å². The maximum atomic E-state index is 9.60. The third-order valence-electron chi connectivity index (χ3n) is 2.59. The molecule has 1 aromatic heterocycles. The molecule has 1 aromatic rings. The van der Waals surface area contributed by atoms with Crippen molar-refractivity contribution < 1.29 is 5.11 Å². The van der Waals surface area contributed by atoms with Crippen LogP contribution in [0.4, 0.5) is 5.69 Å².